The first-order valence-electron chi connectivity index (χ1n) is 5.66. The van der Waals surface area contributed by atoms with Gasteiger partial charge in [0.2, 0.25) is 5.91 Å². The van der Waals surface area contributed by atoms with Gasteiger partial charge < -0.3 is 11.1 Å². The van der Waals surface area contributed by atoms with Crippen molar-refractivity contribution < 1.29 is 4.79 Å². The van der Waals surface area contributed by atoms with Crippen molar-refractivity contribution in [3.05, 3.63) is 27.7 Å². The summed E-state index contributed by atoms with van der Waals surface area (Å²) in [4.78, 5) is 11.9. The first-order chi connectivity index (χ1) is 7.82. The molecule has 94 valence electrons. The maximum Gasteiger partial charge on any atom is 0.241 e. The summed E-state index contributed by atoms with van der Waals surface area (Å²) in [5.74, 6) is -0.000386. The van der Waals surface area contributed by atoms with Crippen LogP contribution in [0.1, 0.15) is 25.0 Å². The molecule has 0 radical (unpaired) electrons. The van der Waals surface area contributed by atoms with Crippen molar-refractivity contribution >= 4 is 27.5 Å². The molecular weight excluding hydrogens is 280 g/mol. The fourth-order valence-corrected chi connectivity index (χ4v) is 2.30. The number of halogens is 1. The summed E-state index contributed by atoms with van der Waals surface area (Å²) in [5, 5.41) is 2.90. The average molecular weight is 299 g/mol. The molecule has 1 amide bonds. The van der Waals surface area contributed by atoms with Crippen molar-refractivity contribution in [1.29, 1.82) is 0 Å². The highest BCUT2D eigenvalue weighted by Crippen LogP contribution is 2.25. The second-order valence-corrected chi connectivity index (χ2v) is 5.59. The molecule has 0 spiro atoms. The monoisotopic (exact) mass is 298 g/mol. The number of amides is 1. The van der Waals surface area contributed by atoms with Crippen LogP contribution in [0.2, 0.25) is 0 Å². The molecule has 4 heteroatoms. The second kappa shape index (κ2) is 5.65. The van der Waals surface area contributed by atoms with Crippen LogP contribution in [0.3, 0.4) is 0 Å². The van der Waals surface area contributed by atoms with E-state index in [1.54, 1.807) is 0 Å². The third kappa shape index (κ3) is 3.54. The van der Waals surface area contributed by atoms with Crippen molar-refractivity contribution in [2.24, 2.45) is 11.7 Å². The van der Waals surface area contributed by atoms with Gasteiger partial charge in [-0.1, -0.05) is 29.8 Å². The summed E-state index contributed by atoms with van der Waals surface area (Å²) < 4.78 is 1.01. The van der Waals surface area contributed by atoms with E-state index in [1.807, 2.05) is 39.8 Å². The summed E-state index contributed by atoms with van der Waals surface area (Å²) in [5.41, 5.74) is 8.73. The molecule has 0 aliphatic heterocycles. The number of carbonyl (C=O) groups excluding carboxylic acids is 1. The minimum absolute atomic E-state index is 0.131. The second-order valence-electron chi connectivity index (χ2n) is 4.67. The van der Waals surface area contributed by atoms with E-state index >= 15 is 0 Å². The van der Waals surface area contributed by atoms with E-state index in [2.05, 4.69) is 21.2 Å². The fraction of sp³-hybridized carbons (Fsp3) is 0.462. The molecule has 0 aromatic heterocycles. The van der Waals surface area contributed by atoms with Gasteiger partial charge in [-0.2, -0.15) is 0 Å². The van der Waals surface area contributed by atoms with E-state index in [-0.39, 0.29) is 11.8 Å². The molecule has 17 heavy (non-hydrogen) atoms. The lowest BCUT2D eigenvalue weighted by Gasteiger charge is -2.18. The molecule has 0 fully saturated rings. The molecule has 0 saturated heterocycles. The Hall–Kier alpha value is -0.870. The highest BCUT2D eigenvalue weighted by atomic mass is 79.9. The molecule has 0 aliphatic rings. The van der Waals surface area contributed by atoms with Crippen molar-refractivity contribution in [3.63, 3.8) is 0 Å². The quantitative estimate of drug-likeness (QED) is 0.901. The Bertz CT molecular complexity index is 406. The average Bonchev–Trinajstić information content (AvgIpc) is 2.21. The molecule has 0 heterocycles. The van der Waals surface area contributed by atoms with Gasteiger partial charge in [-0.3, -0.25) is 4.79 Å². The highest BCUT2D eigenvalue weighted by Gasteiger charge is 2.18. The number of benzene rings is 1. The lowest BCUT2D eigenvalue weighted by atomic mass is 10.0. The number of hydrogen-bond donors (Lipinski definition) is 2. The van der Waals surface area contributed by atoms with Gasteiger partial charge in [0, 0.05) is 10.2 Å². The third-order valence-corrected chi connectivity index (χ3v) is 3.22. The number of carbonyl (C=O) groups is 1. The number of rotatable bonds is 3. The summed E-state index contributed by atoms with van der Waals surface area (Å²) in [6, 6.07) is 3.48. The van der Waals surface area contributed by atoms with E-state index in [0.29, 0.717) is 0 Å². The Kier molecular flexibility index (Phi) is 4.71. The van der Waals surface area contributed by atoms with Gasteiger partial charge >= 0.3 is 0 Å². The first-order valence-corrected chi connectivity index (χ1v) is 6.45. The van der Waals surface area contributed by atoms with Crippen LogP contribution in [0, 0.1) is 19.8 Å². The number of anilines is 1. The Labute approximate surface area is 111 Å². The van der Waals surface area contributed by atoms with Crippen LogP contribution < -0.4 is 11.1 Å². The van der Waals surface area contributed by atoms with Crippen LogP contribution >= 0.6 is 15.9 Å². The molecule has 1 atom stereocenters. The number of hydrogen-bond acceptors (Lipinski definition) is 2. The predicted octanol–water partition coefficient (Wildman–Crippen LogP) is 2.99. The van der Waals surface area contributed by atoms with Crippen molar-refractivity contribution in [2.45, 2.75) is 33.7 Å². The molecule has 1 rings (SSSR count). The maximum absolute atomic E-state index is 11.9. The SMILES string of the molecule is Cc1cc(Br)cc(C)c1NC(=O)C(N)C(C)C. The summed E-state index contributed by atoms with van der Waals surface area (Å²) >= 11 is 3.43. The van der Waals surface area contributed by atoms with Crippen LogP contribution in [-0.4, -0.2) is 11.9 Å². The fourth-order valence-electron chi connectivity index (χ4n) is 1.62. The highest BCUT2D eigenvalue weighted by molar-refractivity contribution is 9.10. The number of nitrogens with two attached hydrogens (primary N) is 1. The lowest BCUT2D eigenvalue weighted by molar-refractivity contribution is -0.118. The Morgan fingerprint density at radius 1 is 1.29 bits per heavy atom. The van der Waals surface area contributed by atoms with E-state index < -0.39 is 6.04 Å². The van der Waals surface area contributed by atoms with Gasteiger partial charge in [0.25, 0.3) is 0 Å². The van der Waals surface area contributed by atoms with Crippen LogP contribution in [0.5, 0.6) is 0 Å². The topological polar surface area (TPSA) is 55.1 Å². The molecule has 3 N–H and O–H groups in total. The van der Waals surface area contributed by atoms with Gasteiger partial charge in [0.1, 0.15) is 0 Å². The minimum atomic E-state index is -0.475. The predicted molar refractivity (Wildman–Crippen MR) is 75.1 cm³/mol. The Morgan fingerprint density at radius 2 is 1.76 bits per heavy atom. The summed E-state index contributed by atoms with van der Waals surface area (Å²) in [6.45, 7) is 7.81. The van der Waals surface area contributed by atoms with Gasteiger partial charge in [-0.15, -0.1) is 0 Å². The van der Waals surface area contributed by atoms with Crippen molar-refractivity contribution in [2.75, 3.05) is 5.32 Å². The molecule has 3 nitrogen and oxygen atoms in total. The summed E-state index contributed by atoms with van der Waals surface area (Å²) in [7, 11) is 0. The smallest absolute Gasteiger partial charge is 0.241 e. The zero-order valence-electron chi connectivity index (χ0n) is 10.7. The number of aryl methyl sites for hydroxylation is 2. The molecule has 0 saturated carbocycles. The molecule has 1 aromatic carbocycles. The van der Waals surface area contributed by atoms with Crippen molar-refractivity contribution in [3.8, 4) is 0 Å². The minimum Gasteiger partial charge on any atom is -0.324 e. The zero-order valence-corrected chi connectivity index (χ0v) is 12.3. The molecular formula is C13H19BrN2O. The number of nitrogens with one attached hydrogen (secondary N) is 1. The standard InChI is InChI=1S/C13H19BrN2O/c1-7(2)11(15)13(17)16-12-8(3)5-10(14)6-9(12)4/h5-7,11H,15H2,1-4H3,(H,16,17). The molecule has 0 aliphatic carbocycles. The van der Waals surface area contributed by atoms with Gasteiger partial charge in [-0.25, -0.2) is 0 Å². The Morgan fingerprint density at radius 3 is 2.18 bits per heavy atom. The zero-order chi connectivity index (χ0) is 13.2. The van der Waals surface area contributed by atoms with E-state index in [9.17, 15) is 4.79 Å². The van der Waals surface area contributed by atoms with Crippen LogP contribution in [-0.2, 0) is 4.79 Å². The molecule has 0 bridgehead atoms. The Balaban J connectivity index is 2.93. The molecule has 1 aromatic rings. The molecule has 1 unspecified atom stereocenters. The van der Waals surface area contributed by atoms with Crippen LogP contribution in [0.15, 0.2) is 16.6 Å². The summed E-state index contributed by atoms with van der Waals surface area (Å²) in [6.07, 6.45) is 0. The van der Waals surface area contributed by atoms with Gasteiger partial charge in [0.15, 0.2) is 0 Å². The van der Waals surface area contributed by atoms with Crippen molar-refractivity contribution in [1.82, 2.24) is 0 Å². The normalized spacial score (nSPS) is 12.6. The lowest BCUT2D eigenvalue weighted by Crippen LogP contribution is -2.40. The van der Waals surface area contributed by atoms with Gasteiger partial charge in [-0.05, 0) is 43.0 Å². The van der Waals surface area contributed by atoms with E-state index in [0.717, 1.165) is 21.3 Å². The van der Waals surface area contributed by atoms with E-state index in [4.69, 9.17) is 5.73 Å². The van der Waals surface area contributed by atoms with Crippen LogP contribution in [0.25, 0.3) is 0 Å². The van der Waals surface area contributed by atoms with Crippen LogP contribution in [0.4, 0.5) is 5.69 Å². The van der Waals surface area contributed by atoms with Gasteiger partial charge in [0.05, 0.1) is 6.04 Å². The first kappa shape index (κ1) is 14.2. The third-order valence-electron chi connectivity index (χ3n) is 2.77. The maximum atomic E-state index is 11.9. The largest absolute Gasteiger partial charge is 0.324 e. The van der Waals surface area contributed by atoms with E-state index in [1.165, 1.54) is 0 Å².